The van der Waals surface area contributed by atoms with E-state index in [4.69, 9.17) is 10.8 Å². The summed E-state index contributed by atoms with van der Waals surface area (Å²) in [7, 11) is 2.61. The lowest BCUT2D eigenvalue weighted by atomic mass is 9.89. The number of carbonyl (C=O) groups excluding carboxylic acids is 1. The minimum Gasteiger partial charge on any atom is -0.480 e. The molecule has 168 valence electrons. The molecule has 0 spiro atoms. The number of hydrogen-bond donors (Lipinski definition) is 3. The molecule has 0 radical (unpaired) electrons. The van der Waals surface area contributed by atoms with Crippen molar-refractivity contribution in [1.29, 1.82) is 0 Å². The highest BCUT2D eigenvalue weighted by Gasteiger charge is 2.44. The highest BCUT2D eigenvalue weighted by molar-refractivity contribution is 8.77. The van der Waals surface area contributed by atoms with E-state index in [1.807, 2.05) is 4.90 Å². The van der Waals surface area contributed by atoms with Crippen LogP contribution in [0.25, 0.3) is 0 Å². The molecule has 1 heterocycles. The molecule has 1 saturated heterocycles. The number of rotatable bonds is 10. The SMILES string of the molecule is N[C@@H](CSSC1CCN(Cc2ccccc2F)C(C(=O)C2CC2)/C1=C/C(=O)O)C(=O)O. The van der Waals surface area contributed by atoms with Crippen LogP contribution in [-0.2, 0) is 20.9 Å². The van der Waals surface area contributed by atoms with Crippen LogP contribution in [0.1, 0.15) is 24.8 Å². The molecule has 2 fully saturated rings. The Bertz CT molecular complexity index is 877. The van der Waals surface area contributed by atoms with Gasteiger partial charge in [0.05, 0.1) is 6.04 Å². The van der Waals surface area contributed by atoms with Gasteiger partial charge in [0, 0.05) is 41.6 Å². The van der Waals surface area contributed by atoms with E-state index in [0.29, 0.717) is 24.1 Å². The predicted molar refractivity (Wildman–Crippen MR) is 118 cm³/mol. The molecule has 1 aromatic rings. The molecule has 0 amide bonds. The summed E-state index contributed by atoms with van der Waals surface area (Å²) in [4.78, 5) is 37.5. The molecule has 10 heteroatoms. The maximum Gasteiger partial charge on any atom is 0.328 e. The Morgan fingerprint density at radius 2 is 1.94 bits per heavy atom. The van der Waals surface area contributed by atoms with Gasteiger partial charge in [-0.1, -0.05) is 39.8 Å². The van der Waals surface area contributed by atoms with Crippen LogP contribution in [0.5, 0.6) is 0 Å². The summed E-state index contributed by atoms with van der Waals surface area (Å²) >= 11 is 0. The molecule has 4 N–H and O–H groups in total. The quantitative estimate of drug-likeness (QED) is 0.351. The van der Waals surface area contributed by atoms with E-state index in [9.17, 15) is 23.9 Å². The fraction of sp³-hybridized carbons (Fsp3) is 0.476. The Labute approximate surface area is 187 Å². The molecule has 7 nitrogen and oxygen atoms in total. The van der Waals surface area contributed by atoms with Gasteiger partial charge in [-0.2, -0.15) is 0 Å². The highest BCUT2D eigenvalue weighted by atomic mass is 33.1. The van der Waals surface area contributed by atoms with Gasteiger partial charge in [0.1, 0.15) is 11.9 Å². The second kappa shape index (κ2) is 10.6. The Hall–Kier alpha value is -1.88. The van der Waals surface area contributed by atoms with Crippen LogP contribution in [0.4, 0.5) is 4.39 Å². The van der Waals surface area contributed by atoms with Crippen molar-refractivity contribution in [3.63, 3.8) is 0 Å². The average Bonchev–Trinajstić information content (AvgIpc) is 3.55. The number of carboxylic acids is 2. The van der Waals surface area contributed by atoms with Crippen LogP contribution in [-0.4, -0.2) is 62.5 Å². The summed E-state index contributed by atoms with van der Waals surface area (Å²) < 4.78 is 14.2. The number of Topliss-reactive ketones (excluding diaryl/α,β-unsaturated/α-hetero) is 1. The van der Waals surface area contributed by atoms with Crippen LogP contribution in [0.15, 0.2) is 35.9 Å². The number of ketones is 1. The number of carbonyl (C=O) groups is 3. The Balaban J connectivity index is 1.83. The molecule has 1 aliphatic heterocycles. The number of nitrogens with zero attached hydrogens (tertiary/aromatic N) is 1. The first kappa shape index (κ1) is 23.8. The van der Waals surface area contributed by atoms with Crippen LogP contribution in [0, 0.1) is 11.7 Å². The van der Waals surface area contributed by atoms with Gasteiger partial charge in [-0.3, -0.25) is 14.5 Å². The topological polar surface area (TPSA) is 121 Å². The van der Waals surface area contributed by atoms with Gasteiger partial charge in [0.2, 0.25) is 0 Å². The molecule has 31 heavy (non-hydrogen) atoms. The summed E-state index contributed by atoms with van der Waals surface area (Å²) in [6.07, 6.45) is 3.21. The van der Waals surface area contributed by atoms with Crippen molar-refractivity contribution in [1.82, 2.24) is 4.90 Å². The van der Waals surface area contributed by atoms with Gasteiger partial charge in [-0.05, 0) is 30.9 Å². The summed E-state index contributed by atoms with van der Waals surface area (Å²) in [5.74, 6) is -2.57. The Morgan fingerprint density at radius 3 is 2.55 bits per heavy atom. The van der Waals surface area contributed by atoms with Gasteiger partial charge in [0.15, 0.2) is 5.78 Å². The molecule has 1 aliphatic carbocycles. The molecule has 3 rings (SSSR count). The number of halogens is 1. The van der Waals surface area contributed by atoms with Crippen molar-refractivity contribution in [3.05, 3.63) is 47.3 Å². The third-order valence-electron chi connectivity index (χ3n) is 5.35. The highest BCUT2D eigenvalue weighted by Crippen LogP contribution is 2.42. The summed E-state index contributed by atoms with van der Waals surface area (Å²) in [5.41, 5.74) is 6.49. The number of benzene rings is 1. The third-order valence-corrected chi connectivity index (χ3v) is 8.24. The zero-order valence-electron chi connectivity index (χ0n) is 16.8. The molecule has 3 atom stereocenters. The number of hydrogen-bond acceptors (Lipinski definition) is 7. The summed E-state index contributed by atoms with van der Waals surface area (Å²) in [6.45, 7) is 0.707. The largest absolute Gasteiger partial charge is 0.480 e. The van der Waals surface area contributed by atoms with Crippen molar-refractivity contribution >= 4 is 39.3 Å². The number of piperidine rings is 1. The third kappa shape index (κ3) is 6.31. The van der Waals surface area contributed by atoms with Gasteiger partial charge >= 0.3 is 11.9 Å². The first-order valence-electron chi connectivity index (χ1n) is 10.00. The van der Waals surface area contributed by atoms with E-state index in [-0.39, 0.29) is 35.1 Å². The summed E-state index contributed by atoms with van der Waals surface area (Å²) in [5, 5.41) is 18.1. The lowest BCUT2D eigenvalue weighted by molar-refractivity contribution is -0.138. The van der Waals surface area contributed by atoms with Crippen molar-refractivity contribution < 1.29 is 29.0 Å². The van der Waals surface area contributed by atoms with Gasteiger partial charge in [0.25, 0.3) is 0 Å². The number of aliphatic carboxylic acids is 2. The fourth-order valence-electron chi connectivity index (χ4n) is 3.60. The second-order valence-electron chi connectivity index (χ2n) is 7.73. The van der Waals surface area contributed by atoms with Crippen molar-refractivity contribution in [2.24, 2.45) is 11.7 Å². The van der Waals surface area contributed by atoms with Crippen molar-refractivity contribution in [2.75, 3.05) is 12.3 Å². The molecule has 2 unspecified atom stereocenters. The predicted octanol–water partition coefficient (Wildman–Crippen LogP) is 2.55. The van der Waals surface area contributed by atoms with E-state index >= 15 is 0 Å². The maximum absolute atomic E-state index is 14.2. The van der Waals surface area contributed by atoms with Crippen molar-refractivity contribution in [3.8, 4) is 0 Å². The van der Waals surface area contributed by atoms with Crippen LogP contribution in [0.3, 0.4) is 0 Å². The van der Waals surface area contributed by atoms with E-state index < -0.39 is 24.0 Å². The van der Waals surface area contributed by atoms with Gasteiger partial charge < -0.3 is 15.9 Å². The molecule has 1 saturated carbocycles. The zero-order valence-corrected chi connectivity index (χ0v) is 18.4. The monoisotopic (exact) mass is 468 g/mol. The summed E-state index contributed by atoms with van der Waals surface area (Å²) in [6, 6.07) is 4.61. The average molecular weight is 469 g/mol. The van der Waals surface area contributed by atoms with Crippen LogP contribution >= 0.6 is 21.6 Å². The Kier molecular flexibility index (Phi) is 8.15. The molecule has 2 aliphatic rings. The normalized spacial score (nSPS) is 24.1. The molecule has 1 aromatic carbocycles. The van der Waals surface area contributed by atoms with E-state index in [2.05, 4.69) is 0 Å². The minimum atomic E-state index is -1.14. The number of carboxylic acid groups (broad SMARTS) is 2. The smallest absolute Gasteiger partial charge is 0.328 e. The second-order valence-corrected chi connectivity index (χ2v) is 10.3. The first-order valence-corrected chi connectivity index (χ1v) is 12.4. The van der Waals surface area contributed by atoms with Crippen molar-refractivity contribution in [2.45, 2.75) is 43.1 Å². The van der Waals surface area contributed by atoms with Crippen LogP contribution < -0.4 is 5.73 Å². The number of likely N-dealkylation sites (tertiary alicyclic amines) is 1. The molecule has 0 aromatic heterocycles. The standard InChI is InChI=1S/C21H25FN2O5S2/c22-15-4-2-1-3-13(15)10-24-8-7-17(31-30-11-16(23)21(28)29)14(9-18(25)26)19(24)20(27)12-5-6-12/h1-4,9,12,16-17,19H,5-8,10-11,23H2,(H,25,26)(H,28,29)/b14-9+/t16-,17?,19?/m0/s1. The number of nitrogens with two attached hydrogens (primary N) is 1. The zero-order chi connectivity index (χ0) is 22.5. The van der Waals surface area contributed by atoms with E-state index in [0.717, 1.165) is 18.9 Å². The van der Waals surface area contributed by atoms with E-state index in [1.54, 1.807) is 18.2 Å². The van der Waals surface area contributed by atoms with Gasteiger partial charge in [-0.15, -0.1) is 0 Å². The van der Waals surface area contributed by atoms with E-state index in [1.165, 1.54) is 27.7 Å². The van der Waals surface area contributed by atoms with Gasteiger partial charge in [-0.25, -0.2) is 9.18 Å². The Morgan fingerprint density at radius 1 is 1.23 bits per heavy atom. The maximum atomic E-state index is 14.2. The molecule has 0 bridgehead atoms. The fourth-order valence-corrected chi connectivity index (χ4v) is 6.43. The van der Waals surface area contributed by atoms with Crippen LogP contribution in [0.2, 0.25) is 0 Å². The minimum absolute atomic E-state index is 0.0265. The first-order chi connectivity index (χ1) is 14.8. The molecular formula is C21H25FN2O5S2. The molecular weight excluding hydrogens is 443 g/mol. The lowest BCUT2D eigenvalue weighted by Crippen LogP contribution is -2.50. The lowest BCUT2D eigenvalue weighted by Gasteiger charge is -2.40.